The van der Waals surface area contributed by atoms with Crippen molar-refractivity contribution in [3.63, 3.8) is 0 Å². The molecule has 0 aromatic rings. The summed E-state index contributed by atoms with van der Waals surface area (Å²) in [7, 11) is 3.58. The third-order valence-electron chi connectivity index (χ3n) is 6.19. The average Bonchev–Trinajstić information content (AvgIpc) is 2.97. The van der Waals surface area contributed by atoms with Gasteiger partial charge < -0.3 is 55.9 Å². The van der Waals surface area contributed by atoms with Crippen LogP contribution in [0.1, 0.15) is 53.4 Å². The summed E-state index contributed by atoms with van der Waals surface area (Å²) in [6.07, 6.45) is -0.144. The molecule has 0 spiro atoms. The molecule has 0 aliphatic rings. The molecule has 0 aliphatic carbocycles. The monoisotopic (exact) mass is 678 g/mol. The third kappa shape index (κ3) is 29.7. The molecule has 0 saturated heterocycles. The predicted octanol–water partition coefficient (Wildman–Crippen LogP) is -1.12. The first-order valence-corrected chi connectivity index (χ1v) is 15.8. The minimum absolute atomic E-state index is 0.0168. The number of carboxylic acids is 2. The van der Waals surface area contributed by atoms with Crippen LogP contribution in [0.2, 0.25) is 0 Å². The van der Waals surface area contributed by atoms with Crippen LogP contribution in [0.15, 0.2) is 0 Å². The zero-order chi connectivity index (χ0) is 36.3. The smallest absolute Gasteiger partial charge is 0.326 e. The van der Waals surface area contributed by atoms with Crippen LogP contribution in [0.4, 0.5) is 0 Å². The molecule has 0 bridgehead atoms. The number of carbonyl (C=O) groups is 6. The number of amides is 4. The van der Waals surface area contributed by atoms with Crippen molar-refractivity contribution < 1.29 is 53.2 Å². The van der Waals surface area contributed by atoms with E-state index in [0.717, 1.165) is 0 Å². The molecule has 17 heteroatoms. The van der Waals surface area contributed by atoms with Crippen LogP contribution in [-0.2, 0) is 43.0 Å². The largest absolute Gasteiger partial charge is 0.481 e. The Morgan fingerprint density at radius 3 is 1.98 bits per heavy atom. The molecule has 0 saturated carbocycles. The number of aliphatic carboxylic acids is 2. The van der Waals surface area contributed by atoms with Gasteiger partial charge in [0.25, 0.3) is 0 Å². The summed E-state index contributed by atoms with van der Waals surface area (Å²) in [6, 6.07) is -1.21. The Morgan fingerprint density at radius 2 is 1.36 bits per heavy atom. The minimum atomic E-state index is -1.24. The Morgan fingerprint density at radius 1 is 0.745 bits per heavy atom. The van der Waals surface area contributed by atoms with Crippen molar-refractivity contribution in [1.82, 2.24) is 25.8 Å². The molecule has 0 aromatic heterocycles. The van der Waals surface area contributed by atoms with E-state index in [-0.39, 0.29) is 70.5 Å². The van der Waals surface area contributed by atoms with Crippen LogP contribution < -0.4 is 21.7 Å². The SMILES string of the molecule is CC.CN(CCNC(=O)CCC(NC(=O)CCN(C)CC(C)(C)CC(=O)O)C(=O)O)CCOCC(=O)NCCOCCOCC(N)=O. The number of primary amides is 1. The van der Waals surface area contributed by atoms with Gasteiger partial charge in [0, 0.05) is 52.1 Å². The van der Waals surface area contributed by atoms with Gasteiger partial charge in [-0.15, -0.1) is 0 Å². The van der Waals surface area contributed by atoms with Gasteiger partial charge in [0.05, 0.1) is 32.8 Å². The Labute approximate surface area is 278 Å². The second kappa shape index (κ2) is 27.7. The van der Waals surface area contributed by atoms with Gasteiger partial charge in [-0.25, -0.2) is 4.79 Å². The van der Waals surface area contributed by atoms with Gasteiger partial charge in [0.15, 0.2) is 0 Å². The first-order chi connectivity index (χ1) is 22.1. The number of carboxylic acid groups (broad SMARTS) is 2. The van der Waals surface area contributed by atoms with Gasteiger partial charge >= 0.3 is 11.9 Å². The van der Waals surface area contributed by atoms with Gasteiger partial charge in [-0.05, 0) is 25.9 Å². The summed E-state index contributed by atoms with van der Waals surface area (Å²) < 4.78 is 15.5. The van der Waals surface area contributed by atoms with Crippen LogP contribution in [0, 0.1) is 5.41 Å². The van der Waals surface area contributed by atoms with Crippen molar-refractivity contribution in [1.29, 1.82) is 0 Å². The van der Waals surface area contributed by atoms with Gasteiger partial charge in [0.2, 0.25) is 23.6 Å². The number of likely N-dealkylation sites (N-methyl/N-ethyl adjacent to an activating group) is 1. The van der Waals surface area contributed by atoms with E-state index < -0.39 is 35.2 Å². The lowest BCUT2D eigenvalue weighted by Crippen LogP contribution is -2.43. The number of nitrogens with zero attached hydrogens (tertiary/aromatic N) is 2. The van der Waals surface area contributed by atoms with E-state index in [1.807, 2.05) is 44.5 Å². The molecular weight excluding hydrogens is 620 g/mol. The maximum atomic E-state index is 12.3. The van der Waals surface area contributed by atoms with Crippen LogP contribution in [0.3, 0.4) is 0 Å². The highest BCUT2D eigenvalue weighted by atomic mass is 16.5. The van der Waals surface area contributed by atoms with Crippen molar-refractivity contribution >= 4 is 35.6 Å². The lowest BCUT2D eigenvalue weighted by Gasteiger charge is -2.28. The quantitative estimate of drug-likeness (QED) is 0.0539. The van der Waals surface area contributed by atoms with E-state index in [1.165, 1.54) is 0 Å². The van der Waals surface area contributed by atoms with Gasteiger partial charge in [-0.3, -0.25) is 24.0 Å². The first-order valence-electron chi connectivity index (χ1n) is 15.8. The number of rotatable bonds is 28. The molecule has 0 fully saturated rings. The lowest BCUT2D eigenvalue weighted by atomic mass is 9.89. The Hall–Kier alpha value is -3.38. The minimum Gasteiger partial charge on any atom is -0.481 e. The standard InChI is InChI=1S/C28H52N6O11.C2H6/c1-28(2,17-26(39)40)20-34(4)10-7-24(37)32-21(27(41)42)5-6-23(36)30-8-11-33(3)12-14-44-19-25(38)31-9-13-43-15-16-45-18-22(29)35;1-2/h21H,5-20H2,1-4H3,(H2,29,35)(H,30,36)(H,31,38)(H,32,37)(H,39,40)(H,41,42);1-2H3. The van der Waals surface area contributed by atoms with Crippen molar-refractivity contribution in [2.45, 2.75) is 59.4 Å². The number of nitrogens with two attached hydrogens (primary N) is 1. The second-order valence-corrected chi connectivity index (χ2v) is 11.4. The topological polar surface area (TPSA) is 239 Å². The normalized spacial score (nSPS) is 11.7. The first kappa shape index (κ1) is 45.7. The van der Waals surface area contributed by atoms with Gasteiger partial charge in [0.1, 0.15) is 19.3 Å². The molecule has 1 unspecified atom stereocenters. The number of hydrogen-bond acceptors (Lipinski definition) is 11. The Balaban J connectivity index is 0. The van der Waals surface area contributed by atoms with Gasteiger partial charge in [-0.1, -0.05) is 27.7 Å². The molecule has 7 N–H and O–H groups in total. The molecule has 274 valence electrons. The zero-order valence-corrected chi connectivity index (χ0v) is 28.9. The Bertz CT molecular complexity index is 936. The summed E-state index contributed by atoms with van der Waals surface area (Å²) in [5.74, 6) is -3.81. The highest BCUT2D eigenvalue weighted by molar-refractivity contribution is 5.84. The molecule has 0 rings (SSSR count). The molecular formula is C30H58N6O11. The molecule has 0 heterocycles. The Kier molecular flexibility index (Phi) is 27.0. The number of nitrogens with one attached hydrogen (secondary N) is 3. The fraction of sp³-hybridized carbons (Fsp3) is 0.800. The summed E-state index contributed by atoms with van der Waals surface area (Å²) in [5.41, 5.74) is 4.45. The molecule has 0 radical (unpaired) electrons. The number of ether oxygens (including phenoxy) is 3. The van der Waals surface area contributed by atoms with E-state index >= 15 is 0 Å². The van der Waals surface area contributed by atoms with Gasteiger partial charge in [-0.2, -0.15) is 0 Å². The van der Waals surface area contributed by atoms with E-state index in [2.05, 4.69) is 16.0 Å². The molecule has 4 amide bonds. The molecule has 1 atom stereocenters. The van der Waals surface area contributed by atoms with E-state index in [4.69, 9.17) is 25.1 Å². The van der Waals surface area contributed by atoms with E-state index in [0.29, 0.717) is 45.9 Å². The highest BCUT2D eigenvalue weighted by Crippen LogP contribution is 2.21. The van der Waals surface area contributed by atoms with Crippen LogP contribution in [0.25, 0.3) is 0 Å². The number of hydrogen-bond donors (Lipinski definition) is 6. The van der Waals surface area contributed by atoms with Crippen molar-refractivity contribution in [3.8, 4) is 0 Å². The second-order valence-electron chi connectivity index (χ2n) is 11.4. The predicted molar refractivity (Wildman–Crippen MR) is 173 cm³/mol. The summed E-state index contributed by atoms with van der Waals surface area (Å²) in [6.45, 7) is 10.8. The molecule has 0 aromatic carbocycles. The molecule has 0 aliphatic heterocycles. The molecule has 17 nitrogen and oxygen atoms in total. The average molecular weight is 679 g/mol. The summed E-state index contributed by atoms with van der Waals surface area (Å²) >= 11 is 0. The summed E-state index contributed by atoms with van der Waals surface area (Å²) in [4.78, 5) is 73.1. The van der Waals surface area contributed by atoms with Crippen LogP contribution >= 0.6 is 0 Å². The van der Waals surface area contributed by atoms with E-state index in [9.17, 15) is 33.9 Å². The maximum absolute atomic E-state index is 12.3. The lowest BCUT2D eigenvalue weighted by molar-refractivity contribution is -0.142. The van der Waals surface area contributed by atoms with Crippen molar-refractivity contribution in [2.24, 2.45) is 11.1 Å². The maximum Gasteiger partial charge on any atom is 0.326 e. The van der Waals surface area contributed by atoms with E-state index in [1.54, 1.807) is 7.05 Å². The zero-order valence-electron chi connectivity index (χ0n) is 28.9. The van der Waals surface area contributed by atoms with Crippen LogP contribution in [-0.4, -0.2) is 155 Å². The highest BCUT2D eigenvalue weighted by Gasteiger charge is 2.25. The van der Waals surface area contributed by atoms with Crippen LogP contribution in [0.5, 0.6) is 0 Å². The fourth-order valence-corrected chi connectivity index (χ4v) is 4.04. The van der Waals surface area contributed by atoms with Crippen molar-refractivity contribution in [3.05, 3.63) is 0 Å². The van der Waals surface area contributed by atoms with Crippen molar-refractivity contribution in [2.75, 3.05) is 93.0 Å². The molecule has 47 heavy (non-hydrogen) atoms. The fourth-order valence-electron chi connectivity index (χ4n) is 4.04. The third-order valence-corrected chi connectivity index (χ3v) is 6.19. The number of carbonyl (C=O) groups excluding carboxylic acids is 4. The summed E-state index contributed by atoms with van der Waals surface area (Å²) in [5, 5.41) is 26.3.